The zero-order valence-electron chi connectivity index (χ0n) is 16.9. The fraction of sp³-hybridized carbons (Fsp3) is 0.348. The summed E-state index contributed by atoms with van der Waals surface area (Å²) in [5.74, 6) is 0.821. The number of amides is 1. The van der Waals surface area contributed by atoms with Crippen LogP contribution in [-0.2, 0) is 11.3 Å². The van der Waals surface area contributed by atoms with Crippen LogP contribution in [0.2, 0.25) is 0 Å². The summed E-state index contributed by atoms with van der Waals surface area (Å²) in [4.78, 5) is 31.8. The van der Waals surface area contributed by atoms with Crippen molar-refractivity contribution in [2.75, 3.05) is 19.8 Å². The average molecular weight is 423 g/mol. The number of ether oxygens (including phenoxy) is 2. The van der Waals surface area contributed by atoms with E-state index in [2.05, 4.69) is 4.98 Å². The molecule has 31 heavy (non-hydrogen) atoms. The van der Waals surface area contributed by atoms with Gasteiger partial charge in [0.1, 0.15) is 12.4 Å². The van der Waals surface area contributed by atoms with Crippen molar-refractivity contribution in [1.29, 1.82) is 0 Å². The summed E-state index contributed by atoms with van der Waals surface area (Å²) < 4.78 is 26.2. The predicted molar refractivity (Wildman–Crippen MR) is 112 cm³/mol. The first kappa shape index (κ1) is 19.5. The van der Waals surface area contributed by atoms with Crippen LogP contribution in [0.5, 0.6) is 11.5 Å². The van der Waals surface area contributed by atoms with Gasteiger partial charge in [0.25, 0.3) is 5.56 Å². The van der Waals surface area contributed by atoms with Gasteiger partial charge in [0.05, 0.1) is 36.5 Å². The van der Waals surface area contributed by atoms with Crippen molar-refractivity contribution in [3.8, 4) is 11.5 Å². The standard InChI is InChI=1S/C23H22FN3O4/c24-16-5-6-17-18(12-16)25-14-26(23(17)29)13-22(28)27-8-1-3-19(27)15-4-7-20-21(11-15)31-10-2-9-30-20/h4-7,11-12,14,19H,1-3,8-10,13H2/t19-/m1/s1. The summed E-state index contributed by atoms with van der Waals surface area (Å²) in [6.45, 7) is 1.74. The summed E-state index contributed by atoms with van der Waals surface area (Å²) in [5.41, 5.74) is 0.916. The van der Waals surface area contributed by atoms with Crippen LogP contribution in [0.25, 0.3) is 10.9 Å². The molecule has 1 atom stereocenters. The molecule has 0 radical (unpaired) electrons. The number of halogens is 1. The molecule has 8 heteroatoms. The van der Waals surface area contributed by atoms with Crippen LogP contribution in [0.3, 0.4) is 0 Å². The second-order valence-electron chi connectivity index (χ2n) is 7.84. The van der Waals surface area contributed by atoms with Crippen molar-refractivity contribution in [1.82, 2.24) is 14.5 Å². The molecule has 1 fully saturated rings. The number of nitrogens with zero attached hydrogens (tertiary/aromatic N) is 3. The van der Waals surface area contributed by atoms with Gasteiger partial charge in [-0.25, -0.2) is 9.37 Å². The first-order valence-corrected chi connectivity index (χ1v) is 10.4. The first-order valence-electron chi connectivity index (χ1n) is 10.4. The molecule has 0 bridgehead atoms. The largest absolute Gasteiger partial charge is 0.490 e. The van der Waals surface area contributed by atoms with E-state index in [9.17, 15) is 14.0 Å². The zero-order valence-corrected chi connectivity index (χ0v) is 16.9. The highest BCUT2D eigenvalue weighted by molar-refractivity contribution is 5.79. The number of likely N-dealkylation sites (tertiary alicyclic amines) is 1. The topological polar surface area (TPSA) is 73.7 Å². The minimum Gasteiger partial charge on any atom is -0.490 e. The van der Waals surface area contributed by atoms with Gasteiger partial charge in [-0.15, -0.1) is 0 Å². The van der Waals surface area contributed by atoms with Crippen LogP contribution in [0.1, 0.15) is 30.9 Å². The summed E-state index contributed by atoms with van der Waals surface area (Å²) in [7, 11) is 0. The van der Waals surface area contributed by atoms with Crippen molar-refractivity contribution < 1.29 is 18.7 Å². The summed E-state index contributed by atoms with van der Waals surface area (Å²) in [6, 6.07) is 9.58. The second-order valence-corrected chi connectivity index (χ2v) is 7.84. The highest BCUT2D eigenvalue weighted by Crippen LogP contribution is 2.38. The van der Waals surface area contributed by atoms with E-state index in [1.165, 1.54) is 29.1 Å². The maximum atomic E-state index is 13.4. The lowest BCUT2D eigenvalue weighted by molar-refractivity contribution is -0.132. The Morgan fingerprint density at radius 1 is 1.10 bits per heavy atom. The Bertz CT molecular complexity index is 1210. The van der Waals surface area contributed by atoms with E-state index in [0.717, 1.165) is 30.6 Å². The Morgan fingerprint density at radius 3 is 2.81 bits per heavy atom. The molecule has 0 spiro atoms. The molecule has 0 unspecified atom stereocenters. The fourth-order valence-electron chi connectivity index (χ4n) is 4.28. The van der Waals surface area contributed by atoms with Crippen LogP contribution in [0.15, 0.2) is 47.5 Å². The number of fused-ring (bicyclic) bond motifs is 2. The van der Waals surface area contributed by atoms with E-state index in [0.29, 0.717) is 25.5 Å². The molecule has 1 amide bonds. The molecule has 7 nitrogen and oxygen atoms in total. The van der Waals surface area contributed by atoms with Crippen LogP contribution in [0.4, 0.5) is 4.39 Å². The minimum absolute atomic E-state index is 0.0807. The summed E-state index contributed by atoms with van der Waals surface area (Å²) in [6.07, 6.45) is 3.87. The number of hydrogen-bond acceptors (Lipinski definition) is 5. The number of rotatable bonds is 3. The molecule has 1 saturated heterocycles. The number of aromatic nitrogens is 2. The number of carbonyl (C=O) groups excluding carboxylic acids is 1. The Balaban J connectivity index is 1.39. The predicted octanol–water partition coefficient (Wildman–Crippen LogP) is 3.06. The molecule has 5 rings (SSSR count). The average Bonchev–Trinajstić information content (AvgIpc) is 3.14. The third-order valence-electron chi connectivity index (χ3n) is 5.82. The Kier molecular flexibility index (Phi) is 5.05. The fourth-order valence-corrected chi connectivity index (χ4v) is 4.28. The van der Waals surface area contributed by atoms with Crippen LogP contribution in [-0.4, -0.2) is 40.1 Å². The molecule has 0 aliphatic carbocycles. The zero-order chi connectivity index (χ0) is 21.4. The molecule has 1 aromatic heterocycles. The van der Waals surface area contributed by atoms with Crippen LogP contribution in [0, 0.1) is 5.82 Å². The Labute approximate surface area is 178 Å². The van der Waals surface area contributed by atoms with Crippen molar-refractivity contribution >= 4 is 16.8 Å². The monoisotopic (exact) mass is 423 g/mol. The molecule has 2 aliphatic rings. The number of hydrogen-bond donors (Lipinski definition) is 0. The van der Waals surface area contributed by atoms with Crippen LogP contribution < -0.4 is 15.0 Å². The van der Waals surface area contributed by atoms with Crippen molar-refractivity contribution in [3.63, 3.8) is 0 Å². The highest BCUT2D eigenvalue weighted by Gasteiger charge is 2.31. The first-order chi connectivity index (χ1) is 15.1. The lowest BCUT2D eigenvalue weighted by Gasteiger charge is -2.26. The van der Waals surface area contributed by atoms with Crippen molar-refractivity contribution in [2.45, 2.75) is 31.8 Å². The van der Waals surface area contributed by atoms with Gasteiger partial charge in [0.15, 0.2) is 11.5 Å². The van der Waals surface area contributed by atoms with E-state index < -0.39 is 5.82 Å². The van der Waals surface area contributed by atoms with E-state index >= 15 is 0 Å². The summed E-state index contributed by atoms with van der Waals surface area (Å²) >= 11 is 0. The van der Waals surface area contributed by atoms with Gasteiger partial charge in [0, 0.05) is 19.0 Å². The van der Waals surface area contributed by atoms with Gasteiger partial charge in [-0.2, -0.15) is 0 Å². The Hall–Kier alpha value is -3.42. The van der Waals surface area contributed by atoms with E-state index in [1.54, 1.807) is 4.90 Å². The second kappa shape index (κ2) is 8.02. The quantitative estimate of drug-likeness (QED) is 0.647. The van der Waals surface area contributed by atoms with Gasteiger partial charge in [0.2, 0.25) is 5.91 Å². The molecule has 3 heterocycles. The van der Waals surface area contributed by atoms with Gasteiger partial charge >= 0.3 is 0 Å². The molecule has 0 saturated carbocycles. The maximum absolute atomic E-state index is 13.4. The molecule has 2 aromatic carbocycles. The van der Waals surface area contributed by atoms with Gasteiger partial charge in [-0.3, -0.25) is 14.2 Å². The molecule has 3 aromatic rings. The molecule has 0 N–H and O–H groups in total. The lowest BCUT2D eigenvalue weighted by atomic mass is 10.0. The third-order valence-corrected chi connectivity index (χ3v) is 5.82. The lowest BCUT2D eigenvalue weighted by Crippen LogP contribution is -2.36. The van der Waals surface area contributed by atoms with Crippen molar-refractivity contribution in [3.05, 3.63) is 64.5 Å². The Morgan fingerprint density at radius 2 is 1.94 bits per heavy atom. The maximum Gasteiger partial charge on any atom is 0.261 e. The molecule has 2 aliphatic heterocycles. The van der Waals surface area contributed by atoms with Crippen LogP contribution >= 0.6 is 0 Å². The summed E-state index contributed by atoms with van der Waals surface area (Å²) in [5, 5.41) is 0.289. The van der Waals surface area contributed by atoms with Gasteiger partial charge in [-0.1, -0.05) is 6.07 Å². The number of benzene rings is 2. The van der Waals surface area contributed by atoms with E-state index in [-0.39, 0.29) is 35.0 Å². The minimum atomic E-state index is -0.455. The molecular weight excluding hydrogens is 401 g/mol. The highest BCUT2D eigenvalue weighted by atomic mass is 19.1. The van der Waals surface area contributed by atoms with E-state index in [4.69, 9.17) is 9.47 Å². The van der Waals surface area contributed by atoms with E-state index in [1.807, 2.05) is 18.2 Å². The smallest absolute Gasteiger partial charge is 0.261 e. The van der Waals surface area contributed by atoms with Gasteiger partial charge in [-0.05, 0) is 42.7 Å². The molecule has 160 valence electrons. The normalized spacial score (nSPS) is 18.2. The van der Waals surface area contributed by atoms with Gasteiger partial charge < -0.3 is 14.4 Å². The molecular formula is C23H22FN3O4. The third kappa shape index (κ3) is 3.73. The number of carbonyl (C=O) groups is 1. The van der Waals surface area contributed by atoms with Crippen molar-refractivity contribution in [2.24, 2.45) is 0 Å². The SMILES string of the molecule is O=C(Cn1cnc2cc(F)ccc2c1=O)N1CCC[C@@H]1c1ccc2c(c1)OCCCO2.